The van der Waals surface area contributed by atoms with Crippen LogP contribution in [0, 0.1) is 0 Å². The number of para-hydroxylation sites is 1. The van der Waals surface area contributed by atoms with E-state index in [1.165, 1.54) is 11.3 Å². The Hall–Kier alpha value is -2.11. The Morgan fingerprint density at radius 2 is 1.95 bits per heavy atom. The van der Waals surface area contributed by atoms with Crippen molar-refractivity contribution in [2.75, 3.05) is 36.5 Å². The highest BCUT2D eigenvalue weighted by atomic mass is 16.5. The Morgan fingerprint density at radius 3 is 2.68 bits per heavy atom. The third-order valence-electron chi connectivity index (χ3n) is 3.81. The number of aromatic nitrogens is 1. The molecular weight excluding hydrogens is 278 g/mol. The smallest absolute Gasteiger partial charge is 0.126 e. The second kappa shape index (κ2) is 7.24. The van der Waals surface area contributed by atoms with E-state index in [1.807, 2.05) is 12.1 Å². The molecule has 3 rings (SSSR count). The van der Waals surface area contributed by atoms with Crippen molar-refractivity contribution in [1.29, 1.82) is 0 Å². The lowest BCUT2D eigenvalue weighted by molar-refractivity contribution is 0.122. The first-order valence-electron chi connectivity index (χ1n) is 7.57. The van der Waals surface area contributed by atoms with Crippen molar-refractivity contribution in [3.63, 3.8) is 0 Å². The quantitative estimate of drug-likeness (QED) is 0.884. The maximum atomic E-state index is 9.04. The molecule has 5 nitrogen and oxygen atoms in total. The predicted molar refractivity (Wildman–Crippen MR) is 87.0 cm³/mol. The van der Waals surface area contributed by atoms with Crippen molar-refractivity contribution in [1.82, 2.24) is 4.98 Å². The topological polar surface area (TPSA) is 57.6 Å². The van der Waals surface area contributed by atoms with Gasteiger partial charge in [0.1, 0.15) is 5.82 Å². The van der Waals surface area contributed by atoms with Crippen LogP contribution in [0.15, 0.2) is 42.6 Å². The average molecular weight is 299 g/mol. The van der Waals surface area contributed by atoms with E-state index in [1.54, 1.807) is 6.20 Å². The van der Waals surface area contributed by atoms with Crippen LogP contribution in [-0.4, -0.2) is 36.4 Å². The zero-order valence-electron chi connectivity index (χ0n) is 12.5. The molecule has 0 bridgehead atoms. The fourth-order valence-electron chi connectivity index (χ4n) is 2.58. The number of nitrogens with one attached hydrogen (secondary N) is 1. The molecule has 1 aromatic carbocycles. The summed E-state index contributed by atoms with van der Waals surface area (Å²) in [4.78, 5) is 6.67. The minimum Gasteiger partial charge on any atom is -0.392 e. The van der Waals surface area contributed by atoms with Gasteiger partial charge in [0, 0.05) is 31.5 Å². The summed E-state index contributed by atoms with van der Waals surface area (Å²) in [6, 6.07) is 12.2. The number of nitrogens with zero attached hydrogens (tertiary/aromatic N) is 2. The second-order valence-electron chi connectivity index (χ2n) is 5.29. The largest absolute Gasteiger partial charge is 0.392 e. The molecule has 5 heteroatoms. The molecule has 0 amide bonds. The number of hydrogen-bond acceptors (Lipinski definition) is 5. The highest BCUT2D eigenvalue weighted by Crippen LogP contribution is 2.22. The van der Waals surface area contributed by atoms with Crippen molar-refractivity contribution in [3.8, 4) is 0 Å². The van der Waals surface area contributed by atoms with Crippen LogP contribution >= 0.6 is 0 Å². The van der Waals surface area contributed by atoms with Gasteiger partial charge in [0.2, 0.25) is 0 Å². The molecule has 0 atom stereocenters. The number of rotatable bonds is 5. The number of aliphatic hydroxyl groups excluding tert-OH is 1. The first kappa shape index (κ1) is 14.8. The Kier molecular flexibility index (Phi) is 4.88. The molecule has 22 heavy (non-hydrogen) atoms. The normalized spacial score (nSPS) is 14.9. The van der Waals surface area contributed by atoms with Crippen LogP contribution in [0.2, 0.25) is 0 Å². The van der Waals surface area contributed by atoms with Crippen molar-refractivity contribution < 1.29 is 9.84 Å². The van der Waals surface area contributed by atoms with Gasteiger partial charge in [0.25, 0.3) is 0 Å². The number of aliphatic hydroxyl groups is 1. The van der Waals surface area contributed by atoms with E-state index in [2.05, 4.69) is 39.5 Å². The van der Waals surface area contributed by atoms with Crippen LogP contribution in [0.3, 0.4) is 0 Å². The van der Waals surface area contributed by atoms with Gasteiger partial charge in [-0.15, -0.1) is 0 Å². The summed E-state index contributed by atoms with van der Waals surface area (Å²) in [7, 11) is 0. The zero-order chi connectivity index (χ0) is 15.2. The number of anilines is 2. The second-order valence-corrected chi connectivity index (χ2v) is 5.29. The van der Waals surface area contributed by atoms with E-state index < -0.39 is 0 Å². The maximum absolute atomic E-state index is 9.04. The lowest BCUT2D eigenvalue weighted by atomic mass is 10.1. The molecule has 2 N–H and O–H groups in total. The molecule has 1 aliphatic heterocycles. The van der Waals surface area contributed by atoms with Crippen LogP contribution < -0.4 is 10.2 Å². The fourth-order valence-corrected chi connectivity index (χ4v) is 2.58. The van der Waals surface area contributed by atoms with Crippen LogP contribution in [0.1, 0.15) is 11.1 Å². The maximum Gasteiger partial charge on any atom is 0.126 e. The van der Waals surface area contributed by atoms with Gasteiger partial charge in [-0.3, -0.25) is 0 Å². The van der Waals surface area contributed by atoms with E-state index in [9.17, 15) is 0 Å². The molecule has 2 heterocycles. The summed E-state index contributed by atoms with van der Waals surface area (Å²) in [5, 5.41) is 12.4. The summed E-state index contributed by atoms with van der Waals surface area (Å²) in [5.74, 6) is 0.814. The Labute approximate surface area is 130 Å². The number of benzene rings is 1. The molecular formula is C17H21N3O2. The molecule has 1 fully saturated rings. The van der Waals surface area contributed by atoms with E-state index in [0.29, 0.717) is 0 Å². The van der Waals surface area contributed by atoms with Gasteiger partial charge in [-0.2, -0.15) is 0 Å². The number of pyridine rings is 1. The standard InChI is InChI=1S/C17H21N3O2/c21-13-14-5-6-17(18-11-14)19-12-15-3-1-2-4-16(15)20-7-9-22-10-8-20/h1-6,11,21H,7-10,12-13H2,(H,18,19). The third kappa shape index (κ3) is 3.55. The van der Waals surface area contributed by atoms with Gasteiger partial charge in [0.05, 0.1) is 19.8 Å². The summed E-state index contributed by atoms with van der Waals surface area (Å²) >= 11 is 0. The van der Waals surface area contributed by atoms with Crippen molar-refractivity contribution in [2.45, 2.75) is 13.2 Å². The Morgan fingerprint density at radius 1 is 1.14 bits per heavy atom. The number of ether oxygens (including phenoxy) is 1. The first-order chi connectivity index (χ1) is 10.9. The molecule has 1 aromatic heterocycles. The van der Waals surface area contributed by atoms with Crippen molar-refractivity contribution in [2.24, 2.45) is 0 Å². The van der Waals surface area contributed by atoms with Gasteiger partial charge < -0.3 is 20.1 Å². The van der Waals surface area contributed by atoms with Crippen molar-refractivity contribution >= 4 is 11.5 Å². The van der Waals surface area contributed by atoms with Gasteiger partial charge >= 0.3 is 0 Å². The summed E-state index contributed by atoms with van der Waals surface area (Å²) in [6.45, 7) is 4.17. The van der Waals surface area contributed by atoms with Gasteiger partial charge in [-0.1, -0.05) is 24.3 Å². The average Bonchev–Trinajstić information content (AvgIpc) is 2.61. The predicted octanol–water partition coefficient (Wildman–Crippen LogP) is 2.02. The molecule has 116 valence electrons. The summed E-state index contributed by atoms with van der Waals surface area (Å²) < 4.78 is 5.42. The van der Waals surface area contributed by atoms with E-state index in [0.717, 1.165) is 44.2 Å². The van der Waals surface area contributed by atoms with Crippen LogP contribution in [0.25, 0.3) is 0 Å². The highest BCUT2D eigenvalue weighted by Gasteiger charge is 2.14. The lowest BCUT2D eigenvalue weighted by Gasteiger charge is -2.30. The highest BCUT2D eigenvalue weighted by molar-refractivity contribution is 5.55. The summed E-state index contributed by atoms with van der Waals surface area (Å²) in [6.07, 6.45) is 1.69. The molecule has 0 saturated carbocycles. The fraction of sp³-hybridized carbons (Fsp3) is 0.353. The monoisotopic (exact) mass is 299 g/mol. The van der Waals surface area contributed by atoms with E-state index in [4.69, 9.17) is 9.84 Å². The van der Waals surface area contributed by atoms with Gasteiger partial charge in [-0.05, 0) is 23.3 Å². The van der Waals surface area contributed by atoms with E-state index in [-0.39, 0.29) is 6.61 Å². The molecule has 0 aliphatic carbocycles. The molecule has 1 saturated heterocycles. The number of hydrogen-bond donors (Lipinski definition) is 2. The van der Waals surface area contributed by atoms with Gasteiger partial charge in [-0.25, -0.2) is 4.98 Å². The molecule has 1 aliphatic rings. The van der Waals surface area contributed by atoms with Crippen LogP contribution in [-0.2, 0) is 17.9 Å². The molecule has 2 aromatic rings. The SMILES string of the molecule is OCc1ccc(NCc2ccccc2N2CCOCC2)nc1. The first-order valence-corrected chi connectivity index (χ1v) is 7.57. The summed E-state index contributed by atoms with van der Waals surface area (Å²) in [5.41, 5.74) is 3.32. The van der Waals surface area contributed by atoms with Crippen LogP contribution in [0.4, 0.5) is 11.5 Å². The van der Waals surface area contributed by atoms with Crippen molar-refractivity contribution in [3.05, 3.63) is 53.7 Å². The lowest BCUT2D eigenvalue weighted by Crippen LogP contribution is -2.36. The molecule has 0 radical (unpaired) electrons. The minimum absolute atomic E-state index is 0.0210. The Bertz CT molecular complexity index is 595. The molecule has 0 spiro atoms. The van der Waals surface area contributed by atoms with E-state index >= 15 is 0 Å². The van der Waals surface area contributed by atoms with Gasteiger partial charge in [0.15, 0.2) is 0 Å². The van der Waals surface area contributed by atoms with Crippen LogP contribution in [0.5, 0.6) is 0 Å². The third-order valence-corrected chi connectivity index (χ3v) is 3.81. The zero-order valence-corrected chi connectivity index (χ0v) is 12.5. The molecule has 0 unspecified atom stereocenters. The Balaban J connectivity index is 1.68. The number of morpholine rings is 1. The minimum atomic E-state index is 0.0210.